The van der Waals surface area contributed by atoms with Crippen molar-refractivity contribution in [2.24, 2.45) is 0 Å². The Labute approximate surface area is 52.1 Å². The van der Waals surface area contributed by atoms with Crippen molar-refractivity contribution in [3.05, 3.63) is 12.7 Å². The van der Waals surface area contributed by atoms with Gasteiger partial charge in [-0.1, -0.05) is 12.5 Å². The van der Waals surface area contributed by atoms with E-state index < -0.39 is 0 Å². The third-order valence-corrected chi connectivity index (χ3v) is 2.02. The van der Waals surface area contributed by atoms with Crippen LogP contribution in [0.4, 0.5) is 0 Å². The van der Waals surface area contributed by atoms with E-state index in [1.807, 2.05) is 6.08 Å². The van der Waals surface area contributed by atoms with Crippen molar-refractivity contribution >= 4 is 28.3 Å². The molecule has 6 heavy (non-hydrogen) atoms. The van der Waals surface area contributed by atoms with Crippen molar-refractivity contribution in [2.75, 3.05) is 0 Å². The van der Waals surface area contributed by atoms with Crippen molar-refractivity contribution in [1.29, 1.82) is 0 Å². The smallest absolute Gasteiger partial charge is 0.346 e. The van der Waals surface area contributed by atoms with Crippen molar-refractivity contribution in [3.63, 3.8) is 0 Å². The van der Waals surface area contributed by atoms with E-state index in [0.29, 0.717) is 0 Å². The van der Waals surface area contributed by atoms with Crippen LogP contribution in [0.5, 0.6) is 0 Å². The molecule has 0 aliphatic rings. The van der Waals surface area contributed by atoms with E-state index >= 15 is 0 Å². The minimum Gasteiger partial charge on any atom is -0.346 e. The van der Waals surface area contributed by atoms with Crippen molar-refractivity contribution in [3.8, 4) is 0 Å². The van der Waals surface area contributed by atoms with E-state index in [1.54, 1.807) is 0 Å². The number of allylic oxidation sites excluding steroid dienone is 1. The molecule has 2 heteroatoms. The minimum absolute atomic E-state index is 0.196. The van der Waals surface area contributed by atoms with Crippen molar-refractivity contribution in [2.45, 2.75) is 11.0 Å². The summed E-state index contributed by atoms with van der Waals surface area (Å²) < 4.78 is 1.20. The molecule has 0 unspecified atom stereocenters. The van der Waals surface area contributed by atoms with Crippen LogP contribution in [-0.2, 0) is 0 Å². The van der Waals surface area contributed by atoms with Crippen LogP contribution in [0.25, 0.3) is 0 Å². The second-order valence-electron chi connectivity index (χ2n) is 1.12. The quantitative estimate of drug-likeness (QED) is 0.299. The summed E-state index contributed by atoms with van der Waals surface area (Å²) in [5.74, 6) is 0. The predicted octanol–water partition coefficient (Wildman–Crippen LogP) is 1.84. The maximum Gasteiger partial charge on any atom is 0.501 e. The molecule has 0 saturated heterocycles. The van der Waals surface area contributed by atoms with E-state index in [9.17, 15) is 0 Å². The molecule has 0 radical (unpaired) electrons. The minimum atomic E-state index is -0.196. The summed E-state index contributed by atoms with van der Waals surface area (Å²) in [7, 11) is 5.47. The first-order valence-corrected chi connectivity index (χ1v) is 5.22. The van der Waals surface area contributed by atoms with Crippen LogP contribution < -0.4 is 0 Å². The zero-order chi connectivity index (χ0) is 4.83. The Bertz CT molecular complexity index is 36.5. The molecule has 0 rings (SSSR count). The third kappa shape index (κ3) is 4.80. The highest BCUT2D eigenvalue weighted by Gasteiger charge is 1.83. The maximum absolute atomic E-state index is 5.47. The molecular formula is C4H7ClMg. The van der Waals surface area contributed by atoms with Gasteiger partial charge in [-0.3, -0.25) is 0 Å². The Balaban J connectivity index is 2.49. The topological polar surface area (TPSA) is 0 Å². The lowest BCUT2D eigenvalue weighted by molar-refractivity contribution is 1.22. The average molecular weight is 115 g/mol. The molecule has 0 aromatic carbocycles. The van der Waals surface area contributed by atoms with Crippen LogP contribution in [0.3, 0.4) is 0 Å². The van der Waals surface area contributed by atoms with E-state index in [0.717, 1.165) is 6.42 Å². The average Bonchev–Trinajstić information content (AvgIpc) is 1.61. The van der Waals surface area contributed by atoms with Gasteiger partial charge in [0.1, 0.15) is 0 Å². The fourth-order valence-electron chi connectivity index (χ4n) is 0.221. The van der Waals surface area contributed by atoms with Gasteiger partial charge >= 0.3 is 19.3 Å². The Morgan fingerprint density at radius 3 is 2.67 bits per heavy atom. The van der Waals surface area contributed by atoms with E-state index in [1.165, 1.54) is 4.55 Å². The number of halogens is 1. The summed E-state index contributed by atoms with van der Waals surface area (Å²) in [5.41, 5.74) is 0. The predicted molar refractivity (Wildman–Crippen MR) is 31.2 cm³/mol. The second-order valence-corrected chi connectivity index (χ2v) is 3.34. The van der Waals surface area contributed by atoms with Crippen LogP contribution in [0, 0.1) is 0 Å². The van der Waals surface area contributed by atoms with E-state index in [2.05, 4.69) is 6.58 Å². The van der Waals surface area contributed by atoms with Crippen LogP contribution in [0.15, 0.2) is 12.7 Å². The fourth-order valence-corrected chi connectivity index (χ4v) is 1.13. The van der Waals surface area contributed by atoms with Gasteiger partial charge in [-0.15, -0.1) is 11.1 Å². The van der Waals surface area contributed by atoms with Crippen LogP contribution >= 0.6 is 9.07 Å². The molecule has 0 aliphatic heterocycles. The van der Waals surface area contributed by atoms with E-state index in [-0.39, 0.29) is 19.3 Å². The van der Waals surface area contributed by atoms with Gasteiger partial charge in [0.15, 0.2) is 0 Å². The standard InChI is InChI=1S/C4H7.ClH.Mg/c1-3-4-2;;/h3H,1-2,4H2;1H;/q;;+1/p-1. The summed E-state index contributed by atoms with van der Waals surface area (Å²) >= 11 is -0.196. The molecular weight excluding hydrogens is 108 g/mol. The Hall–Kier alpha value is 0.796. The monoisotopic (exact) mass is 114 g/mol. The molecule has 0 bridgehead atoms. The second kappa shape index (κ2) is 5.80. The number of hydrogen-bond acceptors (Lipinski definition) is 0. The van der Waals surface area contributed by atoms with Crippen molar-refractivity contribution in [1.82, 2.24) is 0 Å². The van der Waals surface area contributed by atoms with Gasteiger partial charge in [0, 0.05) is 0 Å². The molecule has 0 amide bonds. The molecule has 0 heterocycles. The van der Waals surface area contributed by atoms with E-state index in [4.69, 9.17) is 9.07 Å². The maximum atomic E-state index is 5.47. The molecule has 0 aromatic heterocycles. The lowest BCUT2D eigenvalue weighted by Gasteiger charge is -1.77. The van der Waals surface area contributed by atoms with Gasteiger partial charge in [-0.25, -0.2) is 0 Å². The summed E-state index contributed by atoms with van der Waals surface area (Å²) in [5, 5.41) is 0. The first kappa shape index (κ1) is 6.80. The first-order valence-electron chi connectivity index (χ1n) is 2.08. The summed E-state index contributed by atoms with van der Waals surface area (Å²) in [6.45, 7) is 3.56. The van der Waals surface area contributed by atoms with Crippen LogP contribution in [0.1, 0.15) is 6.42 Å². The van der Waals surface area contributed by atoms with Gasteiger partial charge in [-0.05, 0) is 0 Å². The van der Waals surface area contributed by atoms with Gasteiger partial charge in [0.25, 0.3) is 0 Å². The summed E-state index contributed by atoms with van der Waals surface area (Å²) in [6, 6.07) is 0. The largest absolute Gasteiger partial charge is 0.501 e. The molecule has 32 valence electrons. The lowest BCUT2D eigenvalue weighted by atomic mass is 10.5. The SMILES string of the molecule is C=CC[CH2][Mg][Cl]. The zero-order valence-corrected chi connectivity index (χ0v) is 5.95. The fraction of sp³-hybridized carbons (Fsp3) is 0.500. The van der Waals surface area contributed by atoms with Crippen LogP contribution in [-0.4, -0.2) is 19.3 Å². The van der Waals surface area contributed by atoms with Gasteiger partial charge in [0.05, 0.1) is 0 Å². The summed E-state index contributed by atoms with van der Waals surface area (Å²) in [6.07, 6.45) is 3.02. The molecule has 0 saturated carbocycles. The molecule has 0 N–H and O–H groups in total. The number of rotatable bonds is 3. The summed E-state index contributed by atoms with van der Waals surface area (Å²) in [4.78, 5) is 0. The molecule has 0 atom stereocenters. The zero-order valence-electron chi connectivity index (χ0n) is 3.78. The van der Waals surface area contributed by atoms with Crippen LogP contribution in [0.2, 0.25) is 4.55 Å². The van der Waals surface area contributed by atoms with Gasteiger partial charge in [-0.2, -0.15) is 0 Å². The molecule has 0 nitrogen and oxygen atoms in total. The van der Waals surface area contributed by atoms with Crippen molar-refractivity contribution < 1.29 is 0 Å². The highest BCUT2D eigenvalue weighted by Crippen LogP contribution is 1.88. The Morgan fingerprint density at radius 1 is 1.83 bits per heavy atom. The van der Waals surface area contributed by atoms with Gasteiger partial charge < -0.3 is 9.07 Å². The highest BCUT2D eigenvalue weighted by molar-refractivity contribution is 6.93. The molecule has 0 aromatic rings. The first-order chi connectivity index (χ1) is 2.91. The molecule has 0 aliphatic carbocycles. The normalized spacial score (nSPS) is 6.83. The lowest BCUT2D eigenvalue weighted by Crippen LogP contribution is -1.70. The Morgan fingerprint density at radius 2 is 2.50 bits per heavy atom. The third-order valence-electron chi connectivity index (χ3n) is 0.542. The number of hydrogen-bond donors (Lipinski definition) is 0. The Kier molecular flexibility index (Phi) is 6.57. The molecule has 0 spiro atoms. The highest BCUT2D eigenvalue weighted by atomic mass is 35.5. The van der Waals surface area contributed by atoms with Gasteiger partial charge in [0.2, 0.25) is 0 Å². The molecule has 0 fully saturated rings.